The second-order valence-corrected chi connectivity index (χ2v) is 7.73. The number of rotatable bonds is 7. The van der Waals surface area contributed by atoms with E-state index in [0.29, 0.717) is 11.6 Å². The van der Waals surface area contributed by atoms with Gasteiger partial charge in [0.1, 0.15) is 5.69 Å². The molecule has 6 heteroatoms. The fourth-order valence-corrected chi connectivity index (χ4v) is 3.86. The van der Waals surface area contributed by atoms with Crippen LogP contribution in [0.2, 0.25) is 0 Å². The molecule has 1 aromatic heterocycles. The minimum Gasteiger partial charge on any atom is -0.368 e. The summed E-state index contributed by atoms with van der Waals surface area (Å²) >= 11 is 0. The van der Waals surface area contributed by atoms with Crippen molar-refractivity contribution in [2.75, 3.05) is 49.1 Å². The predicted octanol–water partition coefficient (Wildman–Crippen LogP) is 3.68. The Morgan fingerprint density at radius 2 is 1.66 bits per heavy atom. The Bertz CT molecular complexity index is 824. The lowest BCUT2D eigenvalue weighted by molar-refractivity contribution is 0.0749. The van der Waals surface area contributed by atoms with Crippen molar-refractivity contribution in [2.24, 2.45) is 0 Å². The molecule has 1 fully saturated rings. The van der Waals surface area contributed by atoms with Gasteiger partial charge in [-0.25, -0.2) is 9.97 Å². The molecule has 0 saturated carbocycles. The number of hydrogen-bond acceptors (Lipinski definition) is 5. The first-order valence-corrected chi connectivity index (χ1v) is 10.7. The van der Waals surface area contributed by atoms with Crippen LogP contribution in [0.5, 0.6) is 0 Å². The van der Waals surface area contributed by atoms with Gasteiger partial charge in [-0.1, -0.05) is 26.0 Å². The van der Waals surface area contributed by atoms with E-state index in [-0.39, 0.29) is 5.91 Å². The number of anilines is 2. The molecule has 1 aromatic carbocycles. The summed E-state index contributed by atoms with van der Waals surface area (Å²) in [6.07, 6.45) is 3.61. The number of aryl methyl sites for hydroxylation is 1. The predicted molar refractivity (Wildman–Crippen MR) is 119 cm³/mol. The Kier molecular flexibility index (Phi) is 7.07. The van der Waals surface area contributed by atoms with Gasteiger partial charge in [0.25, 0.3) is 5.91 Å². The quantitative estimate of drug-likeness (QED) is 0.716. The van der Waals surface area contributed by atoms with Crippen LogP contribution in [0.15, 0.2) is 30.5 Å². The van der Waals surface area contributed by atoms with E-state index in [0.717, 1.165) is 52.1 Å². The highest BCUT2D eigenvalue weighted by Crippen LogP contribution is 2.24. The third kappa shape index (κ3) is 4.86. The first-order chi connectivity index (χ1) is 14.0. The van der Waals surface area contributed by atoms with Gasteiger partial charge in [-0.2, -0.15) is 0 Å². The molecule has 1 saturated heterocycles. The molecule has 1 aliphatic heterocycles. The second kappa shape index (κ2) is 9.72. The average molecular weight is 396 g/mol. The summed E-state index contributed by atoms with van der Waals surface area (Å²) < 4.78 is 0. The maximum Gasteiger partial charge on any atom is 0.272 e. The van der Waals surface area contributed by atoms with Crippen LogP contribution in [0.1, 0.15) is 48.3 Å². The van der Waals surface area contributed by atoms with Crippen LogP contribution in [0, 0.1) is 13.8 Å². The van der Waals surface area contributed by atoms with Crippen LogP contribution in [0.25, 0.3) is 0 Å². The maximum absolute atomic E-state index is 12.9. The van der Waals surface area contributed by atoms with Gasteiger partial charge in [0.05, 0.1) is 0 Å². The third-order valence-corrected chi connectivity index (χ3v) is 5.62. The van der Waals surface area contributed by atoms with Crippen molar-refractivity contribution >= 4 is 17.5 Å². The van der Waals surface area contributed by atoms with Gasteiger partial charge in [0.2, 0.25) is 5.95 Å². The van der Waals surface area contributed by atoms with E-state index in [4.69, 9.17) is 0 Å². The van der Waals surface area contributed by atoms with Gasteiger partial charge in [-0.15, -0.1) is 0 Å². The molecule has 2 heterocycles. The van der Waals surface area contributed by atoms with Gasteiger partial charge in [-0.3, -0.25) is 4.79 Å². The second-order valence-electron chi connectivity index (χ2n) is 7.73. The Balaban J connectivity index is 1.69. The van der Waals surface area contributed by atoms with Crippen LogP contribution in [-0.2, 0) is 0 Å². The zero-order valence-corrected chi connectivity index (χ0v) is 18.2. The van der Waals surface area contributed by atoms with Gasteiger partial charge in [0.15, 0.2) is 0 Å². The summed E-state index contributed by atoms with van der Waals surface area (Å²) in [7, 11) is 0. The Labute approximate surface area is 174 Å². The van der Waals surface area contributed by atoms with E-state index < -0.39 is 0 Å². The largest absolute Gasteiger partial charge is 0.368 e. The summed E-state index contributed by atoms with van der Waals surface area (Å²) in [5, 5.41) is 0. The van der Waals surface area contributed by atoms with E-state index >= 15 is 0 Å². The molecule has 0 atom stereocenters. The molecule has 0 bridgehead atoms. The minimum absolute atomic E-state index is 0.00590. The first kappa shape index (κ1) is 21.1. The van der Waals surface area contributed by atoms with E-state index in [1.807, 2.05) is 4.90 Å². The fraction of sp³-hybridized carbons (Fsp3) is 0.522. The minimum atomic E-state index is 0.00590. The van der Waals surface area contributed by atoms with Crippen molar-refractivity contribution in [2.45, 2.75) is 40.5 Å². The van der Waals surface area contributed by atoms with Crippen LogP contribution in [-0.4, -0.2) is 60.0 Å². The molecule has 0 aliphatic carbocycles. The molecule has 0 N–H and O–H groups in total. The Hall–Kier alpha value is -2.63. The van der Waals surface area contributed by atoms with Crippen LogP contribution >= 0.6 is 0 Å². The third-order valence-electron chi connectivity index (χ3n) is 5.62. The Morgan fingerprint density at radius 1 is 1.00 bits per heavy atom. The average Bonchev–Trinajstić information content (AvgIpc) is 2.75. The smallest absolute Gasteiger partial charge is 0.272 e. The van der Waals surface area contributed by atoms with Gasteiger partial charge < -0.3 is 14.7 Å². The van der Waals surface area contributed by atoms with Crippen molar-refractivity contribution in [1.82, 2.24) is 14.9 Å². The maximum atomic E-state index is 12.9. The Morgan fingerprint density at radius 3 is 2.31 bits per heavy atom. The van der Waals surface area contributed by atoms with E-state index in [9.17, 15) is 4.79 Å². The molecule has 0 spiro atoms. The molecule has 29 heavy (non-hydrogen) atoms. The highest BCUT2D eigenvalue weighted by atomic mass is 16.2. The van der Waals surface area contributed by atoms with E-state index in [1.165, 1.54) is 16.8 Å². The monoisotopic (exact) mass is 395 g/mol. The number of amides is 1. The summed E-state index contributed by atoms with van der Waals surface area (Å²) in [5.41, 5.74) is 4.47. The zero-order chi connectivity index (χ0) is 20.8. The van der Waals surface area contributed by atoms with Crippen LogP contribution < -0.4 is 9.80 Å². The van der Waals surface area contributed by atoms with Crippen molar-refractivity contribution in [3.8, 4) is 0 Å². The van der Waals surface area contributed by atoms with Gasteiger partial charge >= 0.3 is 0 Å². The van der Waals surface area contributed by atoms with Crippen molar-refractivity contribution in [3.05, 3.63) is 47.3 Å². The lowest BCUT2D eigenvalue weighted by Gasteiger charge is -2.37. The summed E-state index contributed by atoms with van der Waals surface area (Å²) in [6, 6.07) is 8.22. The number of piperazine rings is 1. The van der Waals surface area contributed by atoms with E-state index in [1.54, 1.807) is 12.3 Å². The highest BCUT2D eigenvalue weighted by Gasteiger charge is 2.22. The number of benzene rings is 1. The molecule has 2 aromatic rings. The normalized spacial score (nSPS) is 14.2. The molecule has 6 nitrogen and oxygen atoms in total. The van der Waals surface area contributed by atoms with Gasteiger partial charge in [0, 0.05) is 51.2 Å². The van der Waals surface area contributed by atoms with Crippen LogP contribution in [0.3, 0.4) is 0 Å². The van der Waals surface area contributed by atoms with E-state index in [2.05, 4.69) is 65.7 Å². The van der Waals surface area contributed by atoms with Crippen molar-refractivity contribution < 1.29 is 4.79 Å². The molecular formula is C23H33N5O. The molecule has 0 unspecified atom stereocenters. The molecule has 1 amide bonds. The topological polar surface area (TPSA) is 52.6 Å². The summed E-state index contributed by atoms with van der Waals surface area (Å²) in [6.45, 7) is 13.6. The number of carbonyl (C=O) groups is 1. The van der Waals surface area contributed by atoms with Gasteiger partial charge in [-0.05, 0) is 49.9 Å². The number of hydrogen-bond donors (Lipinski definition) is 0. The van der Waals surface area contributed by atoms with Crippen LogP contribution in [0.4, 0.5) is 11.6 Å². The number of nitrogens with zero attached hydrogens (tertiary/aromatic N) is 5. The molecular weight excluding hydrogens is 362 g/mol. The molecule has 0 radical (unpaired) electrons. The SMILES string of the molecule is CCCN(CCC)C(=O)c1ccnc(N2CCN(c3cccc(C)c3C)CC2)n1. The van der Waals surface area contributed by atoms with Crippen molar-refractivity contribution in [3.63, 3.8) is 0 Å². The fourth-order valence-electron chi connectivity index (χ4n) is 3.86. The molecule has 1 aliphatic rings. The lowest BCUT2D eigenvalue weighted by Crippen LogP contribution is -2.47. The molecule has 156 valence electrons. The molecule has 3 rings (SSSR count). The zero-order valence-electron chi connectivity index (χ0n) is 18.2. The summed E-state index contributed by atoms with van der Waals surface area (Å²) in [5.74, 6) is 0.663. The van der Waals surface area contributed by atoms with Crippen molar-refractivity contribution in [1.29, 1.82) is 0 Å². The summed E-state index contributed by atoms with van der Waals surface area (Å²) in [4.78, 5) is 28.4. The lowest BCUT2D eigenvalue weighted by atomic mass is 10.1. The first-order valence-electron chi connectivity index (χ1n) is 10.7. The number of aromatic nitrogens is 2. The number of carbonyl (C=O) groups excluding carboxylic acids is 1. The standard InChI is InChI=1S/C23H33N5O/c1-5-12-27(13-6-2)22(29)20-10-11-24-23(25-20)28-16-14-26(15-17-28)21-9-7-8-18(3)19(21)4/h7-11H,5-6,12-17H2,1-4H3. The highest BCUT2D eigenvalue weighted by molar-refractivity contribution is 5.92.